The van der Waals surface area contributed by atoms with E-state index in [9.17, 15) is 4.79 Å². The smallest absolute Gasteiger partial charge is 0.137 e. The first-order valence-electron chi connectivity index (χ1n) is 7.82. The van der Waals surface area contributed by atoms with Gasteiger partial charge in [0.05, 0.1) is 0 Å². The van der Waals surface area contributed by atoms with E-state index in [1.54, 1.807) is 0 Å². The van der Waals surface area contributed by atoms with Crippen molar-refractivity contribution in [2.45, 2.75) is 44.9 Å². The van der Waals surface area contributed by atoms with E-state index >= 15 is 0 Å². The Kier molecular flexibility index (Phi) is 3.32. The van der Waals surface area contributed by atoms with Gasteiger partial charge in [0.2, 0.25) is 0 Å². The van der Waals surface area contributed by atoms with Crippen molar-refractivity contribution in [2.24, 2.45) is 29.6 Å². The van der Waals surface area contributed by atoms with Crippen LogP contribution in [-0.4, -0.2) is 13.9 Å². The second-order valence-electron chi connectivity index (χ2n) is 7.95. The van der Waals surface area contributed by atoms with E-state index in [0.29, 0.717) is 35.4 Å². The van der Waals surface area contributed by atoms with E-state index in [1.165, 1.54) is 12.5 Å². The molecule has 0 heterocycles. The fraction of sp³-hybridized carbons (Fsp3) is 0.706. The number of carbonyl (C=O) groups is 1. The SMILES string of the molecule is C[Si](C)(C)C/C=C/[C@H]1C[C@H]2C=CC[C@@H]3CC(=O)[C@@H]1[C@H]32. The van der Waals surface area contributed by atoms with Crippen LogP contribution in [0.3, 0.4) is 0 Å². The first kappa shape index (κ1) is 13.4. The van der Waals surface area contributed by atoms with Gasteiger partial charge in [-0.05, 0) is 42.6 Å². The number of Topliss-reactive ketones (excluding diaryl/α,β-unsaturated/α-hetero) is 1. The zero-order chi connectivity index (χ0) is 13.6. The van der Waals surface area contributed by atoms with E-state index in [1.807, 2.05) is 0 Å². The molecule has 3 aliphatic carbocycles. The van der Waals surface area contributed by atoms with Crippen molar-refractivity contribution in [1.82, 2.24) is 0 Å². The van der Waals surface area contributed by atoms with Crippen LogP contribution in [0.25, 0.3) is 0 Å². The molecule has 0 spiro atoms. The van der Waals surface area contributed by atoms with Crippen molar-refractivity contribution in [3.05, 3.63) is 24.3 Å². The summed E-state index contributed by atoms with van der Waals surface area (Å²) in [4.78, 5) is 12.3. The van der Waals surface area contributed by atoms with Gasteiger partial charge in [-0.15, -0.1) is 0 Å². The molecule has 104 valence electrons. The Morgan fingerprint density at radius 2 is 2.16 bits per heavy atom. The highest BCUT2D eigenvalue weighted by Gasteiger charge is 2.53. The van der Waals surface area contributed by atoms with E-state index in [-0.39, 0.29) is 0 Å². The van der Waals surface area contributed by atoms with E-state index < -0.39 is 8.07 Å². The van der Waals surface area contributed by atoms with Crippen LogP contribution in [0.15, 0.2) is 24.3 Å². The van der Waals surface area contributed by atoms with Crippen LogP contribution in [0.4, 0.5) is 0 Å². The lowest BCUT2D eigenvalue weighted by atomic mass is 9.79. The fourth-order valence-corrected chi connectivity index (χ4v) is 5.31. The number of hydrogen-bond acceptors (Lipinski definition) is 1. The zero-order valence-electron chi connectivity index (χ0n) is 12.4. The number of carbonyl (C=O) groups excluding carboxylic acids is 1. The number of rotatable bonds is 3. The van der Waals surface area contributed by atoms with Gasteiger partial charge in [0.15, 0.2) is 0 Å². The summed E-state index contributed by atoms with van der Waals surface area (Å²) < 4.78 is 0. The molecule has 2 heteroatoms. The summed E-state index contributed by atoms with van der Waals surface area (Å²) in [6, 6.07) is 1.25. The Hall–Kier alpha value is -0.633. The van der Waals surface area contributed by atoms with Gasteiger partial charge in [-0.1, -0.05) is 43.9 Å². The molecule has 0 bridgehead atoms. The highest BCUT2D eigenvalue weighted by atomic mass is 28.3. The van der Waals surface area contributed by atoms with Crippen molar-refractivity contribution >= 4 is 13.9 Å². The van der Waals surface area contributed by atoms with Gasteiger partial charge < -0.3 is 0 Å². The van der Waals surface area contributed by atoms with E-state index in [4.69, 9.17) is 0 Å². The predicted octanol–water partition coefficient (Wildman–Crippen LogP) is 4.30. The molecule has 0 radical (unpaired) electrons. The summed E-state index contributed by atoms with van der Waals surface area (Å²) in [6.45, 7) is 7.22. The quantitative estimate of drug-likeness (QED) is 0.554. The number of allylic oxidation sites excluding steroid dienone is 4. The highest BCUT2D eigenvalue weighted by molar-refractivity contribution is 6.76. The molecule has 3 aliphatic rings. The lowest BCUT2D eigenvalue weighted by Crippen LogP contribution is -2.21. The monoisotopic (exact) mass is 274 g/mol. The summed E-state index contributed by atoms with van der Waals surface area (Å²) in [5.74, 6) is 3.49. The Morgan fingerprint density at radius 1 is 1.37 bits per heavy atom. The van der Waals surface area contributed by atoms with Gasteiger partial charge in [0.1, 0.15) is 5.78 Å². The largest absolute Gasteiger partial charge is 0.299 e. The Morgan fingerprint density at radius 3 is 2.89 bits per heavy atom. The second kappa shape index (κ2) is 4.73. The Labute approximate surface area is 118 Å². The molecule has 0 aromatic heterocycles. The van der Waals surface area contributed by atoms with Crippen LogP contribution >= 0.6 is 0 Å². The van der Waals surface area contributed by atoms with Crippen LogP contribution in [-0.2, 0) is 4.79 Å². The average molecular weight is 274 g/mol. The summed E-state index contributed by atoms with van der Waals surface area (Å²) in [6.07, 6.45) is 12.7. The van der Waals surface area contributed by atoms with Crippen molar-refractivity contribution in [2.75, 3.05) is 0 Å². The maximum atomic E-state index is 12.3. The van der Waals surface area contributed by atoms with Crippen molar-refractivity contribution < 1.29 is 4.79 Å². The minimum absolute atomic E-state index is 0.359. The zero-order valence-corrected chi connectivity index (χ0v) is 13.4. The normalized spacial score (nSPS) is 41.2. The first-order chi connectivity index (χ1) is 8.96. The highest BCUT2D eigenvalue weighted by Crippen LogP contribution is 2.55. The van der Waals surface area contributed by atoms with E-state index in [2.05, 4.69) is 43.9 Å². The lowest BCUT2D eigenvalue weighted by Gasteiger charge is -2.25. The first-order valence-corrected chi connectivity index (χ1v) is 11.5. The molecule has 19 heavy (non-hydrogen) atoms. The minimum atomic E-state index is -0.992. The molecule has 1 nitrogen and oxygen atoms in total. The van der Waals surface area contributed by atoms with Crippen LogP contribution < -0.4 is 0 Å². The third-order valence-electron chi connectivity index (χ3n) is 5.23. The predicted molar refractivity (Wildman–Crippen MR) is 82.7 cm³/mol. The topological polar surface area (TPSA) is 17.1 Å². The summed E-state index contributed by atoms with van der Waals surface area (Å²) in [7, 11) is -0.992. The Bertz CT molecular complexity index is 429. The minimum Gasteiger partial charge on any atom is -0.299 e. The summed E-state index contributed by atoms with van der Waals surface area (Å²) >= 11 is 0. The Balaban J connectivity index is 1.74. The fourth-order valence-electron chi connectivity index (χ4n) is 4.47. The third-order valence-corrected chi connectivity index (χ3v) is 6.69. The summed E-state index contributed by atoms with van der Waals surface area (Å²) in [5.41, 5.74) is 0. The third kappa shape index (κ3) is 2.52. The van der Waals surface area contributed by atoms with Crippen LogP contribution in [0.5, 0.6) is 0 Å². The molecule has 0 N–H and O–H groups in total. The number of hydrogen-bond donors (Lipinski definition) is 0. The maximum Gasteiger partial charge on any atom is 0.137 e. The van der Waals surface area contributed by atoms with Crippen LogP contribution in [0.1, 0.15) is 19.3 Å². The van der Waals surface area contributed by atoms with Gasteiger partial charge in [-0.3, -0.25) is 4.79 Å². The van der Waals surface area contributed by atoms with Crippen molar-refractivity contribution in [3.8, 4) is 0 Å². The molecule has 3 rings (SSSR count). The molecule has 5 atom stereocenters. The second-order valence-corrected chi connectivity index (χ2v) is 13.5. The van der Waals surface area contributed by atoms with Crippen LogP contribution in [0, 0.1) is 29.6 Å². The van der Waals surface area contributed by atoms with Gasteiger partial charge in [-0.2, -0.15) is 0 Å². The molecule has 0 aliphatic heterocycles. The molecule has 2 saturated carbocycles. The molecule has 0 aromatic carbocycles. The molecule has 2 fully saturated rings. The average Bonchev–Trinajstić information content (AvgIpc) is 2.82. The molecule has 0 saturated heterocycles. The van der Waals surface area contributed by atoms with Crippen LogP contribution in [0.2, 0.25) is 25.7 Å². The van der Waals surface area contributed by atoms with Gasteiger partial charge in [0.25, 0.3) is 0 Å². The van der Waals surface area contributed by atoms with Crippen molar-refractivity contribution in [1.29, 1.82) is 0 Å². The number of ketones is 1. The van der Waals surface area contributed by atoms with Crippen molar-refractivity contribution in [3.63, 3.8) is 0 Å². The molecule has 0 unspecified atom stereocenters. The molecular weight excluding hydrogens is 248 g/mol. The molecule has 0 amide bonds. The van der Waals surface area contributed by atoms with Gasteiger partial charge >= 0.3 is 0 Å². The van der Waals surface area contributed by atoms with Gasteiger partial charge in [0, 0.05) is 20.4 Å². The molecule has 0 aromatic rings. The summed E-state index contributed by atoms with van der Waals surface area (Å²) in [5, 5.41) is 0. The van der Waals surface area contributed by atoms with Gasteiger partial charge in [-0.25, -0.2) is 0 Å². The lowest BCUT2D eigenvalue weighted by molar-refractivity contribution is -0.121. The van der Waals surface area contributed by atoms with E-state index in [0.717, 1.165) is 12.8 Å². The maximum absolute atomic E-state index is 12.3. The molecular formula is C17H26OSi. The standard InChI is InChI=1S/C17H26OSi/c1-19(2,3)9-5-8-13-10-12-6-4-7-14-11-15(18)17(13)16(12)14/h4-6,8,12-14,16-17H,7,9-11H2,1-3H3/b8-5+/t12-,13+,14-,16+,17-/m1/s1.